The maximum Gasteiger partial charge on any atom is 0.255 e. The maximum atomic E-state index is 13.3. The second-order valence-electron chi connectivity index (χ2n) is 23.5. The van der Waals surface area contributed by atoms with Crippen molar-refractivity contribution >= 4 is 70.2 Å². The zero-order chi connectivity index (χ0) is 87.3. The number of hydrogen-bond acceptors (Lipinski definition) is 18. The summed E-state index contributed by atoms with van der Waals surface area (Å²) in [4.78, 5) is 119. The fraction of sp³-hybridized carbons (Fsp3) is 0.400. The van der Waals surface area contributed by atoms with Crippen molar-refractivity contribution < 1.29 is 86.1 Å². The Bertz CT molecular complexity index is 4590. The average Bonchev–Trinajstić information content (AvgIpc) is 1.56. The van der Waals surface area contributed by atoms with Crippen LogP contribution in [0.15, 0.2) is 127 Å². The number of hydrogen-bond donors (Lipinski definition) is 6. The van der Waals surface area contributed by atoms with Gasteiger partial charge in [0.05, 0.1) is 60.2 Å². The highest BCUT2D eigenvalue weighted by atomic mass is 16.5. The molecule has 0 bridgehead atoms. The summed E-state index contributed by atoms with van der Waals surface area (Å²) in [6.07, 6.45) is -1.87. The standard InChI is InChI=1S/3C25H28N4O4/c3*30-23-9-8-22(24(31)27-23)29-16-20-19(25(29)32)2-1-3-21(20)26-14-17-4-6-18(7-5-17)15-28-10-12-33-13-11-28/h3*1-7,22,26H,8-16H2,(H,27,30,31)/t2*22-;/m10./s1/i3*14D2,15D2,16D2,22D. The SMILES string of the molecule is [2H]C([2H])(Nc1cccc2c1C([2H])([2H])N(C1([2H])CCC(=O)NC1=O)C2=O)c1ccc(C([2H])([2H])N2CCOCC2)cc1.[2H]C([2H])(Nc1cccc2c1C([2H])([2H])N([C@@]1([2H])CCC(=O)NC1=O)C2=O)c1ccc(C([2H])([2H])N2CCOCC2)cc1.[2H]C([2H])(Nc1cccc2c1C([2H])([2H])N([C@]1([2H])CCC(=O)NC1=O)C2=O)c1ccc(C([2H])([2H])N2CCOCC2)cc1. The molecule has 0 radical (unpaired) electrons. The molecule has 9 heterocycles. The van der Waals surface area contributed by atoms with Gasteiger partial charge in [-0.05, 0) is 89.0 Å². The second-order valence-corrected chi connectivity index (χ2v) is 23.5. The number of fused-ring (bicyclic) bond motifs is 3. The van der Waals surface area contributed by atoms with Crippen LogP contribution in [-0.4, -0.2) is 180 Å². The number of rotatable bonds is 18. The van der Waals surface area contributed by atoms with E-state index in [0.717, 1.165) is 0 Å². The Balaban J connectivity index is 0.000000156. The molecule has 0 spiro atoms. The van der Waals surface area contributed by atoms with Crippen LogP contribution in [0.3, 0.4) is 0 Å². The molecular weight excluding hydrogens is 1260 g/mol. The maximum absolute atomic E-state index is 13.3. The van der Waals surface area contributed by atoms with Crippen molar-refractivity contribution in [3.63, 3.8) is 0 Å². The minimum Gasteiger partial charge on any atom is -0.381 e. The van der Waals surface area contributed by atoms with E-state index < -0.39 is 130 Å². The van der Waals surface area contributed by atoms with Gasteiger partial charge < -0.3 is 44.9 Å². The van der Waals surface area contributed by atoms with Crippen LogP contribution in [0.4, 0.5) is 17.1 Å². The molecule has 516 valence electrons. The molecule has 9 aliphatic heterocycles. The molecule has 15 rings (SSSR count). The van der Waals surface area contributed by atoms with Crippen LogP contribution in [0.5, 0.6) is 0 Å². The van der Waals surface area contributed by atoms with E-state index in [1.165, 1.54) is 127 Å². The van der Waals surface area contributed by atoms with Crippen LogP contribution < -0.4 is 31.9 Å². The predicted octanol–water partition coefficient (Wildman–Crippen LogP) is 5.68. The molecule has 6 saturated heterocycles. The highest BCUT2D eigenvalue weighted by Gasteiger charge is 2.43. The lowest BCUT2D eigenvalue weighted by Gasteiger charge is -2.29. The average molecular weight is 1370 g/mol. The number of amides is 9. The number of imide groups is 3. The van der Waals surface area contributed by atoms with Gasteiger partial charge in [0, 0.05) is 176 Å². The second kappa shape index (κ2) is 31.4. The molecular formula is C75H84N12O12. The molecule has 24 nitrogen and oxygen atoms in total. The third kappa shape index (κ3) is 16.4. The van der Waals surface area contributed by atoms with Crippen molar-refractivity contribution in [1.82, 2.24) is 45.3 Å². The number of carbonyl (C=O) groups is 9. The molecule has 3 atom stereocenters. The summed E-state index contributed by atoms with van der Waals surface area (Å²) >= 11 is 0. The van der Waals surface area contributed by atoms with Crippen LogP contribution >= 0.6 is 0 Å². The smallest absolute Gasteiger partial charge is 0.255 e. The largest absolute Gasteiger partial charge is 0.381 e. The summed E-state index contributed by atoms with van der Waals surface area (Å²) in [5.74, 6) is -7.90. The van der Waals surface area contributed by atoms with Crippen LogP contribution in [0, 0.1) is 0 Å². The molecule has 99 heavy (non-hydrogen) atoms. The fourth-order valence-electron chi connectivity index (χ4n) is 11.6. The lowest BCUT2D eigenvalue weighted by atomic mass is 10.0. The first-order chi connectivity index (χ1) is 56.1. The number of nitrogens with zero attached hydrogens (tertiary/aromatic N) is 6. The van der Waals surface area contributed by atoms with E-state index in [9.17, 15) is 43.2 Å². The molecule has 6 aromatic carbocycles. The number of carbonyl (C=O) groups excluding carboxylic acids is 9. The monoisotopic (exact) mass is 1370 g/mol. The van der Waals surface area contributed by atoms with Crippen LogP contribution in [0.2, 0.25) is 0 Å². The van der Waals surface area contributed by atoms with Crippen LogP contribution in [0.1, 0.15) is 148 Å². The molecule has 0 saturated carbocycles. The van der Waals surface area contributed by atoms with Crippen molar-refractivity contribution in [3.05, 3.63) is 194 Å². The van der Waals surface area contributed by atoms with Gasteiger partial charge in [-0.2, -0.15) is 0 Å². The Kier molecular flexibility index (Phi) is 14.8. The first-order valence-electron chi connectivity index (χ1n) is 42.7. The lowest BCUT2D eigenvalue weighted by Crippen LogP contribution is -2.52. The minimum atomic E-state index is -2.68. The van der Waals surface area contributed by atoms with E-state index >= 15 is 0 Å². The number of benzene rings is 6. The number of morpholine rings is 3. The summed E-state index contributed by atoms with van der Waals surface area (Å²) < 4.78 is 198. The van der Waals surface area contributed by atoms with E-state index in [2.05, 4.69) is 16.0 Å². The first kappa shape index (κ1) is 46.6. The van der Waals surface area contributed by atoms with Crippen molar-refractivity contribution in [1.29, 1.82) is 0 Å². The van der Waals surface area contributed by atoms with Gasteiger partial charge in [-0.15, -0.1) is 0 Å². The molecule has 6 fully saturated rings. The summed E-state index contributed by atoms with van der Waals surface area (Å²) in [6.45, 7) is -15.2. The van der Waals surface area contributed by atoms with Gasteiger partial charge in [0.25, 0.3) is 17.7 Å². The van der Waals surface area contributed by atoms with E-state index in [-0.39, 0.29) is 106 Å². The Morgan fingerprint density at radius 1 is 0.374 bits per heavy atom. The van der Waals surface area contributed by atoms with Gasteiger partial charge >= 0.3 is 0 Å². The van der Waals surface area contributed by atoms with Crippen LogP contribution in [0.25, 0.3) is 0 Å². The summed E-state index contributed by atoms with van der Waals surface area (Å²) in [7, 11) is 0. The van der Waals surface area contributed by atoms with Gasteiger partial charge in [0.15, 0.2) is 0 Å². The highest BCUT2D eigenvalue weighted by Crippen LogP contribution is 2.36. The number of ether oxygens (including phenoxy) is 3. The Morgan fingerprint density at radius 3 is 0.879 bits per heavy atom. The van der Waals surface area contributed by atoms with Gasteiger partial charge in [0.2, 0.25) is 35.4 Å². The quantitative estimate of drug-likeness (QED) is 0.0565. The molecule has 9 amide bonds. The summed E-state index contributed by atoms with van der Waals surface area (Å²) in [5, 5.41) is 14.0. The molecule has 6 N–H and O–H groups in total. The lowest BCUT2D eigenvalue weighted by molar-refractivity contribution is -0.138. The van der Waals surface area contributed by atoms with Crippen molar-refractivity contribution in [2.24, 2.45) is 0 Å². The van der Waals surface area contributed by atoms with Crippen molar-refractivity contribution in [3.8, 4) is 0 Å². The Labute approximate surface area is 604 Å². The zero-order valence-corrected chi connectivity index (χ0v) is 53.4. The molecule has 24 heteroatoms. The van der Waals surface area contributed by atoms with E-state index in [4.69, 9.17) is 43.0 Å². The Morgan fingerprint density at radius 2 is 0.626 bits per heavy atom. The highest BCUT2D eigenvalue weighted by molar-refractivity contribution is 6.08. The normalized spacial score (nSPS) is 28.9. The molecule has 9 aliphatic rings. The molecule has 0 aliphatic carbocycles. The third-order valence-electron chi connectivity index (χ3n) is 16.9. The Hall–Kier alpha value is -9.69. The van der Waals surface area contributed by atoms with Gasteiger partial charge in [0.1, 0.15) is 18.1 Å². The molecule has 1 unspecified atom stereocenters. The van der Waals surface area contributed by atoms with E-state index in [1.54, 1.807) is 14.7 Å². The van der Waals surface area contributed by atoms with E-state index in [0.29, 0.717) is 110 Å². The first-order valence-corrected chi connectivity index (χ1v) is 32.2. The minimum absolute atomic E-state index is 0.0491. The topological polar surface area (TPSA) is 273 Å². The third-order valence-corrected chi connectivity index (χ3v) is 16.9. The fourth-order valence-corrected chi connectivity index (χ4v) is 11.6. The molecule has 0 aromatic heterocycles. The number of piperidine rings is 3. The number of nitrogens with one attached hydrogen (secondary N) is 6. The molecule has 6 aromatic rings. The predicted molar refractivity (Wildman–Crippen MR) is 367 cm³/mol. The van der Waals surface area contributed by atoms with Gasteiger partial charge in [-0.25, -0.2) is 0 Å². The van der Waals surface area contributed by atoms with Crippen molar-refractivity contribution in [2.75, 3.05) is 94.9 Å². The van der Waals surface area contributed by atoms with Crippen molar-refractivity contribution in [2.45, 2.75) is 115 Å². The summed E-state index contributed by atoms with van der Waals surface area (Å²) in [5.41, 5.74) is 0.240. The van der Waals surface area contributed by atoms with Crippen LogP contribution in [-0.2, 0) is 101 Å². The zero-order valence-electron chi connectivity index (χ0n) is 74.4. The number of anilines is 3. The van der Waals surface area contributed by atoms with E-state index in [1.807, 2.05) is 16.0 Å². The van der Waals surface area contributed by atoms with Gasteiger partial charge in [-0.3, -0.25) is 73.8 Å². The van der Waals surface area contributed by atoms with Gasteiger partial charge in [-0.1, -0.05) is 91.0 Å². The summed E-state index contributed by atoms with van der Waals surface area (Å²) in [6, 6.07) is 23.1.